The molecule has 0 atom stereocenters. The first-order valence-corrected chi connectivity index (χ1v) is 4.26. The molecule has 0 aliphatic heterocycles. The number of rotatable bonds is 2. The summed E-state index contributed by atoms with van der Waals surface area (Å²) in [6.07, 6.45) is 0. The molecular weight excluding hydrogens is 196 g/mol. The first-order chi connectivity index (χ1) is 7.22. The number of aromatic nitrogens is 2. The molecule has 5 heteroatoms. The van der Waals surface area contributed by atoms with Gasteiger partial charge in [0.1, 0.15) is 0 Å². The molecular formula is C10H8N2O3. The van der Waals surface area contributed by atoms with Gasteiger partial charge in [0.15, 0.2) is 5.69 Å². The molecule has 0 fully saturated rings. The molecule has 0 radical (unpaired) electrons. The SMILES string of the molecule is COc1nc(C(=O)O)c2ccccc2n1. The summed E-state index contributed by atoms with van der Waals surface area (Å²) in [4.78, 5) is 18.8. The normalized spacial score (nSPS) is 10.2. The van der Waals surface area contributed by atoms with E-state index in [4.69, 9.17) is 9.84 Å². The number of carbonyl (C=O) groups is 1. The van der Waals surface area contributed by atoms with Crippen LogP contribution in [-0.4, -0.2) is 28.2 Å². The number of benzene rings is 1. The maximum absolute atomic E-state index is 10.9. The Kier molecular flexibility index (Phi) is 2.21. The van der Waals surface area contributed by atoms with Crippen molar-refractivity contribution in [1.29, 1.82) is 0 Å². The number of hydrogen-bond donors (Lipinski definition) is 1. The topological polar surface area (TPSA) is 72.3 Å². The molecule has 1 aromatic carbocycles. The van der Waals surface area contributed by atoms with Crippen molar-refractivity contribution < 1.29 is 14.6 Å². The molecule has 5 nitrogen and oxygen atoms in total. The highest BCUT2D eigenvalue weighted by atomic mass is 16.5. The predicted molar refractivity (Wildman–Crippen MR) is 53.0 cm³/mol. The number of aromatic carboxylic acids is 1. The highest BCUT2D eigenvalue weighted by Gasteiger charge is 2.13. The summed E-state index contributed by atoms with van der Waals surface area (Å²) < 4.78 is 4.83. The zero-order valence-corrected chi connectivity index (χ0v) is 7.97. The van der Waals surface area contributed by atoms with Gasteiger partial charge in [-0.2, -0.15) is 9.97 Å². The number of para-hydroxylation sites is 1. The van der Waals surface area contributed by atoms with Crippen molar-refractivity contribution in [3.63, 3.8) is 0 Å². The van der Waals surface area contributed by atoms with Gasteiger partial charge in [0, 0.05) is 5.39 Å². The largest absolute Gasteiger partial charge is 0.476 e. The number of methoxy groups -OCH3 is 1. The number of nitrogens with zero attached hydrogens (tertiary/aromatic N) is 2. The maximum atomic E-state index is 10.9. The van der Waals surface area contributed by atoms with E-state index in [0.717, 1.165) is 0 Å². The second kappa shape index (κ2) is 3.53. The summed E-state index contributed by atoms with van der Waals surface area (Å²) in [5.41, 5.74) is 0.513. The van der Waals surface area contributed by atoms with Gasteiger partial charge in [-0.3, -0.25) is 0 Å². The van der Waals surface area contributed by atoms with Crippen LogP contribution >= 0.6 is 0 Å². The second-order valence-electron chi connectivity index (χ2n) is 2.88. The maximum Gasteiger partial charge on any atom is 0.355 e. The summed E-state index contributed by atoms with van der Waals surface area (Å²) in [6.45, 7) is 0. The molecule has 15 heavy (non-hydrogen) atoms. The van der Waals surface area contributed by atoms with Crippen molar-refractivity contribution in [3.05, 3.63) is 30.0 Å². The average molecular weight is 204 g/mol. The minimum absolute atomic E-state index is 0.0440. The number of ether oxygens (including phenoxy) is 1. The summed E-state index contributed by atoms with van der Waals surface area (Å²) in [5, 5.41) is 9.46. The molecule has 76 valence electrons. The number of carboxylic acid groups (broad SMARTS) is 1. The van der Waals surface area contributed by atoms with E-state index in [2.05, 4.69) is 9.97 Å². The molecule has 0 saturated heterocycles. The van der Waals surface area contributed by atoms with Gasteiger partial charge in [0.05, 0.1) is 12.6 Å². The number of carboxylic acids is 1. The van der Waals surface area contributed by atoms with Crippen molar-refractivity contribution in [1.82, 2.24) is 9.97 Å². The van der Waals surface area contributed by atoms with Crippen molar-refractivity contribution in [2.75, 3.05) is 7.11 Å². The van der Waals surface area contributed by atoms with Gasteiger partial charge < -0.3 is 9.84 Å². The third kappa shape index (κ3) is 1.59. The minimum Gasteiger partial charge on any atom is -0.476 e. The van der Waals surface area contributed by atoms with Crippen LogP contribution in [0.1, 0.15) is 10.5 Å². The fourth-order valence-electron chi connectivity index (χ4n) is 1.31. The molecule has 0 amide bonds. The Morgan fingerprint density at radius 1 is 1.33 bits per heavy atom. The lowest BCUT2D eigenvalue weighted by Gasteiger charge is -2.03. The third-order valence-electron chi connectivity index (χ3n) is 1.97. The molecule has 0 bridgehead atoms. The van der Waals surface area contributed by atoms with Crippen LogP contribution in [0, 0.1) is 0 Å². The van der Waals surface area contributed by atoms with E-state index in [1.165, 1.54) is 7.11 Å². The van der Waals surface area contributed by atoms with Gasteiger partial charge in [0.2, 0.25) is 0 Å². The van der Waals surface area contributed by atoms with Crippen LogP contribution in [0.4, 0.5) is 0 Å². The summed E-state index contributed by atoms with van der Waals surface area (Å²) >= 11 is 0. The Bertz CT molecular complexity index is 525. The second-order valence-corrected chi connectivity index (χ2v) is 2.88. The molecule has 0 unspecified atom stereocenters. The smallest absolute Gasteiger partial charge is 0.355 e. The summed E-state index contributed by atoms with van der Waals surface area (Å²) in [6, 6.07) is 6.96. The van der Waals surface area contributed by atoms with E-state index in [9.17, 15) is 4.79 Å². The van der Waals surface area contributed by atoms with Gasteiger partial charge in [-0.05, 0) is 6.07 Å². The van der Waals surface area contributed by atoms with Gasteiger partial charge in [-0.25, -0.2) is 4.79 Å². The van der Waals surface area contributed by atoms with Crippen LogP contribution in [0.15, 0.2) is 24.3 Å². The number of fused-ring (bicyclic) bond motifs is 1. The van der Waals surface area contributed by atoms with E-state index in [-0.39, 0.29) is 11.7 Å². The zero-order valence-electron chi connectivity index (χ0n) is 7.97. The molecule has 2 rings (SSSR count). The van der Waals surface area contributed by atoms with Crippen molar-refractivity contribution in [2.45, 2.75) is 0 Å². The van der Waals surface area contributed by atoms with Crippen LogP contribution < -0.4 is 4.74 Å². The highest BCUT2D eigenvalue weighted by Crippen LogP contribution is 2.18. The van der Waals surface area contributed by atoms with E-state index in [0.29, 0.717) is 10.9 Å². The first-order valence-electron chi connectivity index (χ1n) is 4.26. The highest BCUT2D eigenvalue weighted by molar-refractivity contribution is 6.00. The van der Waals surface area contributed by atoms with Gasteiger partial charge in [-0.15, -0.1) is 0 Å². The van der Waals surface area contributed by atoms with Gasteiger partial charge in [-0.1, -0.05) is 18.2 Å². The van der Waals surface area contributed by atoms with Gasteiger partial charge >= 0.3 is 12.0 Å². The number of hydrogen-bond acceptors (Lipinski definition) is 4. The lowest BCUT2D eigenvalue weighted by atomic mass is 10.2. The van der Waals surface area contributed by atoms with E-state index < -0.39 is 5.97 Å². The minimum atomic E-state index is -1.09. The quantitative estimate of drug-likeness (QED) is 0.799. The lowest BCUT2D eigenvalue weighted by molar-refractivity contribution is 0.0691. The summed E-state index contributed by atoms with van der Waals surface area (Å²) in [5.74, 6) is -1.09. The van der Waals surface area contributed by atoms with Crippen molar-refractivity contribution in [2.24, 2.45) is 0 Å². The van der Waals surface area contributed by atoms with Crippen LogP contribution in [-0.2, 0) is 0 Å². The molecule has 2 aromatic rings. The average Bonchev–Trinajstić information content (AvgIpc) is 2.27. The molecule has 1 heterocycles. The monoisotopic (exact) mass is 204 g/mol. The van der Waals surface area contributed by atoms with Gasteiger partial charge in [0.25, 0.3) is 0 Å². The van der Waals surface area contributed by atoms with E-state index >= 15 is 0 Å². The van der Waals surface area contributed by atoms with Crippen LogP contribution in [0.5, 0.6) is 6.01 Å². The van der Waals surface area contributed by atoms with Crippen molar-refractivity contribution in [3.8, 4) is 6.01 Å². The third-order valence-corrected chi connectivity index (χ3v) is 1.97. The molecule has 1 aromatic heterocycles. The Balaban J connectivity index is 2.80. The summed E-state index contributed by atoms with van der Waals surface area (Å²) in [7, 11) is 1.40. The zero-order chi connectivity index (χ0) is 10.8. The predicted octanol–water partition coefficient (Wildman–Crippen LogP) is 1.34. The Morgan fingerprint density at radius 3 is 2.73 bits per heavy atom. The Hall–Kier alpha value is -2.17. The molecule has 0 aliphatic rings. The molecule has 1 N–H and O–H groups in total. The molecule has 0 saturated carbocycles. The molecule has 0 spiro atoms. The Morgan fingerprint density at radius 2 is 2.07 bits per heavy atom. The van der Waals surface area contributed by atoms with Crippen molar-refractivity contribution >= 4 is 16.9 Å². The van der Waals surface area contributed by atoms with Crippen LogP contribution in [0.25, 0.3) is 10.9 Å². The van der Waals surface area contributed by atoms with E-state index in [1.807, 2.05) is 0 Å². The first kappa shape index (κ1) is 9.39. The Labute approximate surface area is 85.4 Å². The van der Waals surface area contributed by atoms with Crippen LogP contribution in [0.2, 0.25) is 0 Å². The standard InChI is InChI=1S/C10H8N2O3/c1-15-10-11-7-5-3-2-4-6(7)8(12-10)9(13)14/h2-5H,1H3,(H,13,14). The van der Waals surface area contributed by atoms with Crippen LogP contribution in [0.3, 0.4) is 0 Å². The fraction of sp³-hybridized carbons (Fsp3) is 0.100. The fourth-order valence-corrected chi connectivity index (χ4v) is 1.31. The van der Waals surface area contributed by atoms with E-state index in [1.54, 1.807) is 24.3 Å². The molecule has 0 aliphatic carbocycles. The lowest BCUT2D eigenvalue weighted by Crippen LogP contribution is -2.04.